The van der Waals surface area contributed by atoms with E-state index < -0.39 is 24.0 Å². The minimum absolute atomic E-state index is 0.0479. The van der Waals surface area contributed by atoms with Crippen molar-refractivity contribution in [2.75, 3.05) is 7.11 Å². The normalized spacial score (nSPS) is 13.1. The Balaban J connectivity index is 2.80. The van der Waals surface area contributed by atoms with Gasteiger partial charge in [0.25, 0.3) is 5.91 Å². The van der Waals surface area contributed by atoms with E-state index in [-0.39, 0.29) is 6.42 Å². The van der Waals surface area contributed by atoms with Crippen LogP contribution in [-0.4, -0.2) is 25.0 Å². The summed E-state index contributed by atoms with van der Waals surface area (Å²) < 4.78 is 5.14. The Labute approximate surface area is 112 Å². The van der Waals surface area contributed by atoms with Crippen LogP contribution in [-0.2, 0) is 14.3 Å². The van der Waals surface area contributed by atoms with E-state index in [1.165, 1.54) is 7.11 Å². The summed E-state index contributed by atoms with van der Waals surface area (Å²) in [5.41, 5.74) is 5.85. The van der Waals surface area contributed by atoms with Crippen LogP contribution in [0.15, 0.2) is 30.3 Å². The molecule has 0 saturated heterocycles. The monoisotopic (exact) mass is 260 g/mol. The van der Waals surface area contributed by atoms with Crippen LogP contribution in [0.1, 0.15) is 18.1 Å². The van der Waals surface area contributed by atoms with Gasteiger partial charge in [-0.05, 0) is 5.56 Å². The summed E-state index contributed by atoms with van der Waals surface area (Å²) >= 11 is 0. The summed E-state index contributed by atoms with van der Waals surface area (Å²) in [6.07, 6.45) is 4.37. The fourth-order valence-electron chi connectivity index (χ4n) is 1.61. The first kappa shape index (κ1) is 14.7. The largest absolute Gasteiger partial charge is 0.368 e. The van der Waals surface area contributed by atoms with Gasteiger partial charge in [-0.2, -0.15) is 0 Å². The third kappa shape index (κ3) is 4.12. The van der Waals surface area contributed by atoms with Crippen LogP contribution in [0.2, 0.25) is 0 Å². The van der Waals surface area contributed by atoms with Gasteiger partial charge in [-0.25, -0.2) is 0 Å². The molecule has 2 amide bonds. The van der Waals surface area contributed by atoms with Gasteiger partial charge in [0.1, 0.15) is 6.04 Å². The van der Waals surface area contributed by atoms with Gasteiger partial charge < -0.3 is 15.8 Å². The predicted octanol–water partition coefficient (Wildman–Crippen LogP) is 0.367. The molecular formula is C14H16N2O3. The van der Waals surface area contributed by atoms with E-state index in [9.17, 15) is 9.59 Å². The highest BCUT2D eigenvalue weighted by Gasteiger charge is 2.24. The number of nitrogens with one attached hydrogen (secondary N) is 1. The minimum Gasteiger partial charge on any atom is -0.368 e. The van der Waals surface area contributed by atoms with E-state index in [0.29, 0.717) is 5.56 Å². The highest BCUT2D eigenvalue weighted by Crippen LogP contribution is 2.16. The quantitative estimate of drug-likeness (QED) is 0.725. The maximum Gasteiger partial charge on any atom is 0.254 e. The van der Waals surface area contributed by atoms with Crippen LogP contribution in [0.25, 0.3) is 0 Å². The Hall–Kier alpha value is -2.32. The van der Waals surface area contributed by atoms with Crippen molar-refractivity contribution in [3.05, 3.63) is 35.9 Å². The molecule has 0 heterocycles. The van der Waals surface area contributed by atoms with Crippen molar-refractivity contribution in [3.63, 3.8) is 0 Å². The summed E-state index contributed by atoms with van der Waals surface area (Å²) in [5, 5.41) is 2.49. The zero-order chi connectivity index (χ0) is 14.3. The van der Waals surface area contributed by atoms with Crippen LogP contribution in [0.4, 0.5) is 0 Å². The fourth-order valence-corrected chi connectivity index (χ4v) is 1.61. The number of terminal acetylenes is 1. The Morgan fingerprint density at radius 1 is 1.42 bits per heavy atom. The molecule has 100 valence electrons. The SMILES string of the molecule is C#CC[C@H](NC(=O)[C@H](OC)c1ccccc1)C(N)=O. The van der Waals surface area contributed by atoms with Gasteiger partial charge in [0.05, 0.1) is 0 Å². The van der Waals surface area contributed by atoms with Crippen molar-refractivity contribution in [3.8, 4) is 12.3 Å². The molecule has 0 saturated carbocycles. The average molecular weight is 260 g/mol. The molecule has 0 bridgehead atoms. The van der Waals surface area contributed by atoms with E-state index in [0.717, 1.165) is 0 Å². The second-order valence-corrected chi connectivity index (χ2v) is 3.90. The summed E-state index contributed by atoms with van der Waals surface area (Å²) in [5.74, 6) is 1.17. The molecule has 0 aliphatic rings. The molecule has 0 aliphatic heterocycles. The van der Waals surface area contributed by atoms with Gasteiger partial charge in [-0.1, -0.05) is 30.3 Å². The lowest BCUT2D eigenvalue weighted by Crippen LogP contribution is -2.46. The molecule has 0 unspecified atom stereocenters. The first-order chi connectivity index (χ1) is 9.10. The Bertz CT molecular complexity index is 479. The zero-order valence-corrected chi connectivity index (χ0v) is 10.6. The highest BCUT2D eigenvalue weighted by molar-refractivity contribution is 5.89. The van der Waals surface area contributed by atoms with Crippen molar-refractivity contribution in [1.82, 2.24) is 5.32 Å². The van der Waals surface area contributed by atoms with Crippen molar-refractivity contribution in [2.45, 2.75) is 18.6 Å². The van der Waals surface area contributed by atoms with Crippen LogP contribution < -0.4 is 11.1 Å². The predicted molar refractivity (Wildman–Crippen MR) is 70.8 cm³/mol. The standard InChI is InChI=1S/C14H16N2O3/c1-3-7-11(13(15)17)16-14(18)12(19-2)10-8-5-4-6-9-10/h1,4-6,8-9,11-12H,7H2,2H3,(H2,15,17)(H,16,18)/t11-,12+/m0/s1. The average Bonchev–Trinajstić information content (AvgIpc) is 2.40. The van der Waals surface area contributed by atoms with Gasteiger partial charge in [-0.15, -0.1) is 12.3 Å². The minimum atomic E-state index is -0.890. The van der Waals surface area contributed by atoms with Gasteiger partial charge in [0.15, 0.2) is 6.10 Å². The van der Waals surface area contributed by atoms with Gasteiger partial charge >= 0.3 is 0 Å². The van der Waals surface area contributed by atoms with Crippen molar-refractivity contribution < 1.29 is 14.3 Å². The number of rotatable bonds is 6. The molecule has 1 rings (SSSR count). The van der Waals surface area contributed by atoms with Crippen LogP contribution in [0.3, 0.4) is 0 Å². The number of primary amides is 1. The maximum atomic E-state index is 12.1. The molecule has 2 atom stereocenters. The zero-order valence-electron chi connectivity index (χ0n) is 10.6. The summed E-state index contributed by atoms with van der Waals surface area (Å²) in [6, 6.07) is 8.04. The Morgan fingerprint density at radius 3 is 2.53 bits per heavy atom. The third-order valence-electron chi connectivity index (χ3n) is 2.56. The van der Waals surface area contributed by atoms with E-state index in [2.05, 4.69) is 11.2 Å². The van der Waals surface area contributed by atoms with E-state index in [4.69, 9.17) is 16.9 Å². The number of hydrogen-bond acceptors (Lipinski definition) is 3. The lowest BCUT2D eigenvalue weighted by Gasteiger charge is -2.19. The fraction of sp³-hybridized carbons (Fsp3) is 0.286. The second kappa shape index (κ2) is 7.19. The first-order valence-corrected chi connectivity index (χ1v) is 5.71. The summed E-state index contributed by atoms with van der Waals surface area (Å²) in [4.78, 5) is 23.2. The highest BCUT2D eigenvalue weighted by atomic mass is 16.5. The topological polar surface area (TPSA) is 81.4 Å². The van der Waals surface area contributed by atoms with Gasteiger partial charge in [-0.3, -0.25) is 9.59 Å². The molecule has 0 aromatic heterocycles. The van der Waals surface area contributed by atoms with Crippen LogP contribution in [0.5, 0.6) is 0 Å². The number of carbonyl (C=O) groups is 2. The Kier molecular flexibility index (Phi) is 5.58. The molecule has 0 spiro atoms. The maximum absolute atomic E-state index is 12.1. The van der Waals surface area contributed by atoms with Crippen molar-refractivity contribution in [1.29, 1.82) is 0 Å². The molecule has 1 aromatic rings. The summed E-state index contributed by atoms with van der Waals surface area (Å²) in [6.45, 7) is 0. The van der Waals surface area contributed by atoms with Gasteiger partial charge in [0, 0.05) is 13.5 Å². The molecule has 1 aromatic carbocycles. The molecule has 3 N–H and O–H groups in total. The number of nitrogens with two attached hydrogens (primary N) is 1. The van der Waals surface area contributed by atoms with E-state index in [1.807, 2.05) is 6.07 Å². The molecule has 5 nitrogen and oxygen atoms in total. The number of methoxy groups -OCH3 is 1. The van der Waals surface area contributed by atoms with E-state index in [1.54, 1.807) is 24.3 Å². The molecule has 0 radical (unpaired) electrons. The number of hydrogen-bond donors (Lipinski definition) is 2. The van der Waals surface area contributed by atoms with Crippen molar-refractivity contribution in [2.24, 2.45) is 5.73 Å². The summed E-state index contributed by atoms with van der Waals surface area (Å²) in [7, 11) is 1.41. The second-order valence-electron chi connectivity index (χ2n) is 3.90. The van der Waals surface area contributed by atoms with Gasteiger partial charge in [0.2, 0.25) is 5.91 Å². The van der Waals surface area contributed by atoms with E-state index >= 15 is 0 Å². The number of benzene rings is 1. The molecule has 19 heavy (non-hydrogen) atoms. The lowest BCUT2D eigenvalue weighted by molar-refractivity contribution is -0.134. The molecule has 0 aliphatic carbocycles. The number of carbonyl (C=O) groups excluding carboxylic acids is 2. The third-order valence-corrected chi connectivity index (χ3v) is 2.56. The van der Waals surface area contributed by atoms with Crippen LogP contribution in [0, 0.1) is 12.3 Å². The smallest absolute Gasteiger partial charge is 0.254 e. The lowest BCUT2D eigenvalue weighted by atomic mass is 10.1. The molecular weight excluding hydrogens is 244 g/mol. The Morgan fingerprint density at radius 2 is 2.05 bits per heavy atom. The van der Waals surface area contributed by atoms with Crippen LogP contribution >= 0.6 is 0 Å². The molecule has 0 fully saturated rings. The van der Waals surface area contributed by atoms with Crippen molar-refractivity contribution >= 4 is 11.8 Å². The number of ether oxygens (including phenoxy) is 1. The molecule has 5 heteroatoms. The first-order valence-electron chi connectivity index (χ1n) is 5.71. The number of amides is 2.